The van der Waals surface area contributed by atoms with Gasteiger partial charge in [0, 0.05) is 30.9 Å². The molecule has 0 unspecified atom stereocenters. The number of amides is 1. The van der Waals surface area contributed by atoms with Crippen molar-refractivity contribution in [2.24, 2.45) is 7.05 Å². The van der Waals surface area contributed by atoms with Crippen LogP contribution >= 0.6 is 11.3 Å². The largest absolute Gasteiger partial charge is 0.377 e. The number of nitrogens with zero attached hydrogens (tertiary/aromatic N) is 3. The number of aryl methyl sites for hydroxylation is 2. The molecule has 0 saturated carbocycles. The van der Waals surface area contributed by atoms with Crippen LogP contribution in [0.3, 0.4) is 0 Å². The minimum Gasteiger partial charge on any atom is -0.377 e. The molecule has 2 aromatic heterocycles. The first-order valence-corrected chi connectivity index (χ1v) is 8.48. The van der Waals surface area contributed by atoms with Gasteiger partial charge < -0.3 is 14.2 Å². The zero-order valence-corrected chi connectivity index (χ0v) is 13.8. The van der Waals surface area contributed by atoms with Crippen LogP contribution in [0.5, 0.6) is 0 Å². The molecule has 6 heteroatoms. The van der Waals surface area contributed by atoms with Crippen molar-refractivity contribution in [1.29, 1.82) is 0 Å². The minimum atomic E-state index is -0.00877. The monoisotopic (exact) mass is 319 g/mol. The van der Waals surface area contributed by atoms with E-state index in [0.717, 1.165) is 22.8 Å². The number of carbonyl (C=O) groups is 1. The van der Waals surface area contributed by atoms with E-state index < -0.39 is 0 Å². The Morgan fingerprint density at radius 2 is 2.41 bits per heavy atom. The second kappa shape index (κ2) is 6.62. The molecular formula is C16H21N3O2S. The molecule has 0 aromatic carbocycles. The third-order valence-electron chi connectivity index (χ3n) is 4.01. The predicted octanol–water partition coefficient (Wildman–Crippen LogP) is 2.19. The molecule has 1 fully saturated rings. The quantitative estimate of drug-likeness (QED) is 0.868. The predicted molar refractivity (Wildman–Crippen MR) is 85.9 cm³/mol. The first-order chi connectivity index (χ1) is 10.7. The Kier molecular flexibility index (Phi) is 4.59. The van der Waals surface area contributed by atoms with Crippen molar-refractivity contribution in [1.82, 2.24) is 14.5 Å². The van der Waals surface area contributed by atoms with E-state index in [2.05, 4.69) is 22.5 Å². The topological polar surface area (TPSA) is 47.4 Å². The lowest BCUT2D eigenvalue weighted by molar-refractivity contribution is -0.139. The van der Waals surface area contributed by atoms with Gasteiger partial charge in [-0.3, -0.25) is 4.79 Å². The van der Waals surface area contributed by atoms with E-state index in [1.807, 2.05) is 29.6 Å². The Morgan fingerprint density at radius 1 is 1.55 bits per heavy atom. The molecule has 0 N–H and O–H groups in total. The number of aromatic nitrogens is 2. The van der Waals surface area contributed by atoms with E-state index in [0.29, 0.717) is 26.2 Å². The third-order valence-corrected chi connectivity index (χ3v) is 5.05. The molecule has 1 amide bonds. The third kappa shape index (κ3) is 3.08. The molecule has 3 heterocycles. The average molecular weight is 319 g/mol. The molecule has 1 aliphatic rings. The Hall–Kier alpha value is -1.66. The molecular weight excluding hydrogens is 298 g/mol. The summed E-state index contributed by atoms with van der Waals surface area (Å²) in [5.74, 6) is 0.127. The summed E-state index contributed by atoms with van der Waals surface area (Å²) in [4.78, 5) is 19.1. The van der Waals surface area contributed by atoms with Crippen LogP contribution in [0.15, 0.2) is 23.7 Å². The standard InChI is InChI=1S/C16H21N3O2S/c1-3-15-17-12(11-22-15)9-16(20)19-7-8-21-10-14(19)13-5-4-6-18(13)2/h4-6,11,14H,3,7-10H2,1-2H3/t14-/m1/s1. The summed E-state index contributed by atoms with van der Waals surface area (Å²) in [6.45, 7) is 3.88. The Bertz CT molecular complexity index is 649. The maximum absolute atomic E-state index is 12.7. The number of ether oxygens (including phenoxy) is 1. The molecule has 1 saturated heterocycles. The summed E-state index contributed by atoms with van der Waals surface area (Å²) in [6, 6.07) is 4.05. The van der Waals surface area contributed by atoms with Gasteiger partial charge in [0.2, 0.25) is 5.91 Å². The Balaban J connectivity index is 1.75. The molecule has 118 valence electrons. The molecule has 0 bridgehead atoms. The number of hydrogen-bond donors (Lipinski definition) is 0. The highest BCUT2D eigenvalue weighted by Crippen LogP contribution is 2.25. The zero-order valence-electron chi connectivity index (χ0n) is 13.0. The van der Waals surface area contributed by atoms with Gasteiger partial charge in [-0.05, 0) is 18.6 Å². The molecule has 1 atom stereocenters. The molecule has 1 aliphatic heterocycles. The first kappa shape index (κ1) is 15.2. The zero-order chi connectivity index (χ0) is 15.5. The number of carbonyl (C=O) groups excluding carboxylic acids is 1. The first-order valence-electron chi connectivity index (χ1n) is 7.60. The molecule has 0 spiro atoms. The van der Waals surface area contributed by atoms with Gasteiger partial charge in [-0.15, -0.1) is 11.3 Å². The van der Waals surface area contributed by atoms with Crippen LogP contribution < -0.4 is 0 Å². The van der Waals surface area contributed by atoms with Gasteiger partial charge in [-0.2, -0.15) is 0 Å². The van der Waals surface area contributed by atoms with Crippen molar-refractivity contribution < 1.29 is 9.53 Å². The van der Waals surface area contributed by atoms with Crippen molar-refractivity contribution in [2.75, 3.05) is 19.8 Å². The maximum Gasteiger partial charge on any atom is 0.229 e. The fraction of sp³-hybridized carbons (Fsp3) is 0.500. The van der Waals surface area contributed by atoms with E-state index in [9.17, 15) is 4.79 Å². The normalized spacial score (nSPS) is 18.6. The van der Waals surface area contributed by atoms with Crippen molar-refractivity contribution in [3.63, 3.8) is 0 Å². The van der Waals surface area contributed by atoms with Crippen LogP contribution in [0.4, 0.5) is 0 Å². The second-order valence-electron chi connectivity index (χ2n) is 5.48. The average Bonchev–Trinajstić information content (AvgIpc) is 3.16. The lowest BCUT2D eigenvalue weighted by atomic mass is 10.1. The highest BCUT2D eigenvalue weighted by Gasteiger charge is 2.30. The van der Waals surface area contributed by atoms with Gasteiger partial charge in [0.25, 0.3) is 0 Å². The van der Waals surface area contributed by atoms with Crippen molar-refractivity contribution in [3.05, 3.63) is 40.1 Å². The Morgan fingerprint density at radius 3 is 3.09 bits per heavy atom. The molecule has 0 radical (unpaired) electrons. The molecule has 2 aromatic rings. The molecule has 0 aliphatic carbocycles. The van der Waals surface area contributed by atoms with Crippen molar-refractivity contribution in [2.45, 2.75) is 25.8 Å². The van der Waals surface area contributed by atoms with Crippen LogP contribution in [0.1, 0.15) is 29.4 Å². The summed E-state index contributed by atoms with van der Waals surface area (Å²) >= 11 is 1.63. The van der Waals surface area contributed by atoms with Crippen molar-refractivity contribution in [3.8, 4) is 0 Å². The fourth-order valence-electron chi connectivity index (χ4n) is 2.82. The van der Waals surface area contributed by atoms with Gasteiger partial charge >= 0.3 is 0 Å². The number of thiazole rings is 1. The van der Waals surface area contributed by atoms with Gasteiger partial charge in [0.15, 0.2) is 0 Å². The van der Waals surface area contributed by atoms with Gasteiger partial charge in [0.1, 0.15) is 0 Å². The molecule has 3 rings (SSSR count). The summed E-state index contributed by atoms with van der Waals surface area (Å²) < 4.78 is 7.65. The second-order valence-corrected chi connectivity index (χ2v) is 6.43. The van der Waals surface area contributed by atoms with E-state index >= 15 is 0 Å². The Labute approximate surface area is 134 Å². The molecule has 22 heavy (non-hydrogen) atoms. The minimum absolute atomic E-state index is 0.00877. The van der Waals surface area contributed by atoms with Crippen molar-refractivity contribution >= 4 is 17.2 Å². The smallest absolute Gasteiger partial charge is 0.229 e. The van der Waals surface area contributed by atoms with Gasteiger partial charge in [-0.1, -0.05) is 6.92 Å². The SMILES string of the molecule is CCc1nc(CC(=O)N2CCOC[C@@H]2c2cccn2C)cs1. The molecule has 5 nitrogen and oxygen atoms in total. The van der Waals surface area contributed by atoms with E-state index in [1.54, 1.807) is 11.3 Å². The summed E-state index contributed by atoms with van der Waals surface area (Å²) in [6.07, 6.45) is 3.29. The van der Waals surface area contributed by atoms with E-state index in [1.165, 1.54) is 0 Å². The summed E-state index contributed by atoms with van der Waals surface area (Å²) in [5, 5.41) is 3.08. The van der Waals surface area contributed by atoms with Crippen LogP contribution in [-0.4, -0.2) is 40.1 Å². The summed E-state index contributed by atoms with van der Waals surface area (Å²) in [7, 11) is 2.00. The lowest BCUT2D eigenvalue weighted by Crippen LogP contribution is -2.44. The number of morpholine rings is 1. The van der Waals surface area contributed by atoms with Gasteiger partial charge in [0.05, 0.1) is 36.4 Å². The fourth-order valence-corrected chi connectivity index (χ4v) is 3.56. The van der Waals surface area contributed by atoms with E-state index in [4.69, 9.17) is 4.74 Å². The van der Waals surface area contributed by atoms with Crippen LogP contribution in [0.25, 0.3) is 0 Å². The summed E-state index contributed by atoms with van der Waals surface area (Å²) in [5.41, 5.74) is 1.99. The van der Waals surface area contributed by atoms with Crippen LogP contribution in [0.2, 0.25) is 0 Å². The van der Waals surface area contributed by atoms with Crippen LogP contribution in [0, 0.1) is 0 Å². The van der Waals surface area contributed by atoms with Gasteiger partial charge in [-0.25, -0.2) is 4.98 Å². The van der Waals surface area contributed by atoms with E-state index in [-0.39, 0.29) is 11.9 Å². The number of hydrogen-bond acceptors (Lipinski definition) is 4. The lowest BCUT2D eigenvalue weighted by Gasteiger charge is -2.36. The maximum atomic E-state index is 12.7. The highest BCUT2D eigenvalue weighted by atomic mass is 32.1. The highest BCUT2D eigenvalue weighted by molar-refractivity contribution is 7.09. The number of rotatable bonds is 4. The van der Waals surface area contributed by atoms with Crippen LogP contribution in [-0.2, 0) is 29.4 Å².